The molecule has 0 aliphatic carbocycles. The van der Waals surface area contributed by atoms with Crippen LogP contribution in [0.3, 0.4) is 0 Å². The van der Waals surface area contributed by atoms with Gasteiger partial charge in [0.25, 0.3) is 0 Å². The molecule has 0 aromatic carbocycles. The van der Waals surface area contributed by atoms with E-state index in [1.807, 2.05) is 0 Å². The van der Waals surface area contributed by atoms with Gasteiger partial charge in [0, 0.05) is 19.3 Å². The molecule has 0 spiro atoms. The van der Waals surface area contributed by atoms with E-state index in [0.29, 0.717) is 19.3 Å². The molecule has 0 aromatic rings. The first-order chi connectivity index (χ1) is 38.2. The van der Waals surface area contributed by atoms with E-state index >= 15 is 0 Å². The van der Waals surface area contributed by atoms with E-state index in [2.05, 4.69) is 106 Å². The Morgan fingerprint density at radius 3 is 1.06 bits per heavy atom. The Morgan fingerprint density at radius 2 is 0.667 bits per heavy atom. The summed E-state index contributed by atoms with van der Waals surface area (Å²) >= 11 is 0. The van der Waals surface area contributed by atoms with Crippen molar-refractivity contribution < 1.29 is 52.2 Å². The molecule has 0 rings (SSSR count). The SMILES string of the molecule is CC/C=C\C/C=C\C/C=C\CCCCCCCC(=O)OC(CO)COP(=O)(O)OCC(COC(=O)CCCCCCCCC/C=C\CCCCCCCC)OC(=O)CCCCCCCC/C=C\C/C=C\C/C=C\CCCCC. The van der Waals surface area contributed by atoms with Gasteiger partial charge < -0.3 is 24.2 Å². The number of carbonyl (C=O) groups is 3. The van der Waals surface area contributed by atoms with Gasteiger partial charge in [0.05, 0.1) is 19.8 Å². The predicted octanol–water partition coefficient (Wildman–Crippen LogP) is 19.0. The number of allylic oxidation sites excluding steroid dienone is 14. The fourth-order valence-corrected chi connectivity index (χ4v) is 9.27. The molecule has 0 heterocycles. The van der Waals surface area contributed by atoms with Crippen molar-refractivity contribution in [2.45, 2.75) is 290 Å². The summed E-state index contributed by atoms with van der Waals surface area (Å²) < 4.78 is 39.6. The number of phosphoric ester groups is 1. The highest BCUT2D eigenvalue weighted by molar-refractivity contribution is 7.47. The monoisotopic (exact) mass is 1110 g/mol. The molecular formula is C66H115O11P. The first-order valence-corrected chi connectivity index (χ1v) is 33.0. The normalized spacial score (nSPS) is 13.9. The highest BCUT2D eigenvalue weighted by Crippen LogP contribution is 2.43. The van der Waals surface area contributed by atoms with Crippen LogP contribution in [0.4, 0.5) is 0 Å². The minimum absolute atomic E-state index is 0.149. The molecule has 0 bridgehead atoms. The minimum atomic E-state index is -4.76. The lowest BCUT2D eigenvalue weighted by Crippen LogP contribution is -2.30. The number of unbranched alkanes of at least 4 members (excludes halogenated alkanes) is 27. The highest BCUT2D eigenvalue weighted by atomic mass is 31.2. The molecule has 0 amide bonds. The highest BCUT2D eigenvalue weighted by Gasteiger charge is 2.28. The standard InChI is InChI=1S/C66H115O11P/c1-4-7-10-13-16-19-22-25-28-30-31-33-36-39-42-45-48-51-54-57-66(70)77-63(59-73-64(68)55-52-49-46-43-40-37-35-32-29-26-23-20-17-14-11-8-5-2)61-75-78(71,72)74-60-62(58-67)76-65(69)56-53-50-47-44-41-38-34-27-24-21-18-15-12-9-6-3/h9,12,16,18-19,21,25-29,31,33-34,62-63,67H,4-8,10-11,13-15,17,20,22-24,30,32,35-61H2,1-3H3,(H,71,72)/b12-9-,19-16-,21-18-,28-25-,29-26-,33-31-,34-27-. The summed E-state index contributed by atoms with van der Waals surface area (Å²) in [6.07, 6.45) is 69.6. The number of aliphatic hydroxyl groups is 1. The molecule has 0 saturated heterocycles. The Balaban J connectivity index is 4.76. The van der Waals surface area contributed by atoms with Crippen molar-refractivity contribution in [1.82, 2.24) is 0 Å². The summed E-state index contributed by atoms with van der Waals surface area (Å²) in [6.45, 7) is 4.49. The molecule has 0 aliphatic heterocycles. The number of esters is 3. The number of aliphatic hydroxyl groups excluding tert-OH is 1. The van der Waals surface area contributed by atoms with E-state index in [9.17, 15) is 28.9 Å². The number of ether oxygens (including phenoxy) is 3. The van der Waals surface area contributed by atoms with Crippen LogP contribution in [0.2, 0.25) is 0 Å². The molecule has 3 atom stereocenters. The number of rotatable bonds is 58. The lowest BCUT2D eigenvalue weighted by molar-refractivity contribution is -0.161. The molecule has 0 radical (unpaired) electrons. The summed E-state index contributed by atoms with van der Waals surface area (Å²) in [7, 11) is -4.76. The maximum Gasteiger partial charge on any atom is 0.472 e. The van der Waals surface area contributed by atoms with Crippen LogP contribution in [0.25, 0.3) is 0 Å². The second-order valence-electron chi connectivity index (χ2n) is 20.8. The second-order valence-corrected chi connectivity index (χ2v) is 22.3. The maximum atomic E-state index is 12.9. The van der Waals surface area contributed by atoms with Crippen LogP contribution in [-0.4, -0.2) is 66.5 Å². The third-order valence-corrected chi connectivity index (χ3v) is 14.2. The van der Waals surface area contributed by atoms with Gasteiger partial charge in [-0.2, -0.15) is 0 Å². The molecule has 3 unspecified atom stereocenters. The predicted molar refractivity (Wildman–Crippen MR) is 325 cm³/mol. The van der Waals surface area contributed by atoms with E-state index in [-0.39, 0.29) is 25.9 Å². The van der Waals surface area contributed by atoms with Gasteiger partial charge >= 0.3 is 25.7 Å². The number of carbonyl (C=O) groups excluding carboxylic acids is 3. The molecule has 0 aromatic heterocycles. The number of hydrogen-bond acceptors (Lipinski definition) is 10. The second kappa shape index (κ2) is 59.8. The van der Waals surface area contributed by atoms with Crippen LogP contribution in [-0.2, 0) is 42.2 Å². The Bertz CT molecular complexity index is 1630. The Labute approximate surface area is 477 Å². The van der Waals surface area contributed by atoms with Gasteiger partial charge in [-0.05, 0) is 116 Å². The van der Waals surface area contributed by atoms with Crippen LogP contribution in [0.15, 0.2) is 85.1 Å². The topological polar surface area (TPSA) is 155 Å². The van der Waals surface area contributed by atoms with E-state index < -0.39 is 57.8 Å². The molecule has 0 aliphatic rings. The largest absolute Gasteiger partial charge is 0.472 e. The Kier molecular flexibility index (Phi) is 57.2. The third kappa shape index (κ3) is 57.3. The average molecular weight is 1120 g/mol. The van der Waals surface area contributed by atoms with Crippen molar-refractivity contribution >= 4 is 25.7 Å². The summed E-state index contributed by atoms with van der Waals surface area (Å²) in [6, 6.07) is 0. The van der Waals surface area contributed by atoms with Gasteiger partial charge in [-0.3, -0.25) is 23.4 Å². The number of hydrogen-bond donors (Lipinski definition) is 2. The molecule has 0 saturated carbocycles. The van der Waals surface area contributed by atoms with Gasteiger partial charge in [-0.25, -0.2) is 4.57 Å². The quantitative estimate of drug-likeness (QED) is 0.0197. The van der Waals surface area contributed by atoms with Crippen molar-refractivity contribution in [3.63, 3.8) is 0 Å². The molecule has 450 valence electrons. The van der Waals surface area contributed by atoms with Gasteiger partial charge in [0.15, 0.2) is 6.10 Å². The van der Waals surface area contributed by atoms with Crippen LogP contribution < -0.4 is 0 Å². The fourth-order valence-electron chi connectivity index (χ4n) is 8.49. The lowest BCUT2D eigenvalue weighted by atomic mass is 10.1. The summed E-state index contributed by atoms with van der Waals surface area (Å²) in [5.41, 5.74) is 0. The Hall–Kier alpha value is -3.34. The van der Waals surface area contributed by atoms with Crippen LogP contribution in [0.5, 0.6) is 0 Å². The van der Waals surface area contributed by atoms with Crippen molar-refractivity contribution in [1.29, 1.82) is 0 Å². The molecular weight excluding hydrogens is 1000 g/mol. The van der Waals surface area contributed by atoms with E-state index in [1.165, 1.54) is 89.9 Å². The van der Waals surface area contributed by atoms with Crippen molar-refractivity contribution in [3.8, 4) is 0 Å². The molecule has 2 N–H and O–H groups in total. The smallest absolute Gasteiger partial charge is 0.462 e. The van der Waals surface area contributed by atoms with E-state index in [0.717, 1.165) is 128 Å². The van der Waals surface area contributed by atoms with E-state index in [4.69, 9.17) is 23.3 Å². The fraction of sp³-hybridized carbons (Fsp3) is 0.742. The number of phosphoric acid groups is 1. The zero-order valence-corrected chi connectivity index (χ0v) is 50.8. The van der Waals surface area contributed by atoms with Crippen molar-refractivity contribution in [2.24, 2.45) is 0 Å². The van der Waals surface area contributed by atoms with Crippen LogP contribution in [0, 0.1) is 0 Å². The van der Waals surface area contributed by atoms with Crippen molar-refractivity contribution in [2.75, 3.05) is 26.4 Å². The maximum absolute atomic E-state index is 12.9. The first-order valence-electron chi connectivity index (χ1n) is 31.5. The van der Waals surface area contributed by atoms with Gasteiger partial charge in [0.2, 0.25) is 0 Å². The van der Waals surface area contributed by atoms with Crippen LogP contribution >= 0.6 is 7.82 Å². The summed E-state index contributed by atoms with van der Waals surface area (Å²) in [5, 5.41) is 9.84. The van der Waals surface area contributed by atoms with Crippen LogP contribution in [0.1, 0.15) is 278 Å². The molecule has 12 heteroatoms. The molecule has 11 nitrogen and oxygen atoms in total. The summed E-state index contributed by atoms with van der Waals surface area (Å²) in [5.74, 6) is -1.50. The zero-order valence-electron chi connectivity index (χ0n) is 49.9. The third-order valence-electron chi connectivity index (χ3n) is 13.3. The van der Waals surface area contributed by atoms with Gasteiger partial charge in [-0.1, -0.05) is 228 Å². The average Bonchev–Trinajstić information content (AvgIpc) is 3.43. The molecule has 0 fully saturated rings. The van der Waals surface area contributed by atoms with E-state index in [1.54, 1.807) is 0 Å². The Morgan fingerprint density at radius 1 is 0.372 bits per heavy atom. The van der Waals surface area contributed by atoms with Crippen molar-refractivity contribution in [3.05, 3.63) is 85.1 Å². The zero-order chi connectivity index (χ0) is 56.9. The minimum Gasteiger partial charge on any atom is -0.462 e. The first kappa shape index (κ1) is 74.7. The molecule has 78 heavy (non-hydrogen) atoms. The van der Waals surface area contributed by atoms with Gasteiger partial charge in [0.1, 0.15) is 12.7 Å². The summed E-state index contributed by atoms with van der Waals surface area (Å²) in [4.78, 5) is 48.7. The van der Waals surface area contributed by atoms with Gasteiger partial charge in [-0.15, -0.1) is 0 Å². The lowest BCUT2D eigenvalue weighted by Gasteiger charge is -2.21.